The van der Waals surface area contributed by atoms with E-state index in [4.69, 9.17) is 0 Å². The third kappa shape index (κ3) is 4.82. The van der Waals surface area contributed by atoms with Crippen molar-refractivity contribution in [2.45, 2.75) is 26.7 Å². The molecule has 0 spiro atoms. The highest BCUT2D eigenvalue weighted by Crippen LogP contribution is 2.21. The van der Waals surface area contributed by atoms with Crippen LogP contribution in [0.3, 0.4) is 0 Å². The number of rotatable bonds is 7. The molecule has 0 fully saturated rings. The van der Waals surface area contributed by atoms with Gasteiger partial charge in [0.15, 0.2) is 0 Å². The van der Waals surface area contributed by atoms with Gasteiger partial charge in [-0.2, -0.15) is 0 Å². The lowest BCUT2D eigenvalue weighted by Gasteiger charge is -2.22. The SMILES string of the molecule is CCCCN(CC)C(=O)/C(=C\c1ccccc1)c1ccccc1. The summed E-state index contributed by atoms with van der Waals surface area (Å²) in [5, 5.41) is 0. The average Bonchev–Trinajstić information content (AvgIpc) is 2.62. The summed E-state index contributed by atoms with van der Waals surface area (Å²) in [5.41, 5.74) is 2.78. The van der Waals surface area contributed by atoms with Crippen LogP contribution in [0, 0.1) is 0 Å². The van der Waals surface area contributed by atoms with Gasteiger partial charge < -0.3 is 4.90 Å². The highest BCUT2D eigenvalue weighted by molar-refractivity contribution is 6.24. The van der Waals surface area contributed by atoms with Crippen molar-refractivity contribution >= 4 is 17.6 Å². The third-order valence-electron chi connectivity index (χ3n) is 3.88. The van der Waals surface area contributed by atoms with Crippen LogP contribution in [0.15, 0.2) is 60.7 Å². The third-order valence-corrected chi connectivity index (χ3v) is 3.88. The van der Waals surface area contributed by atoms with Crippen LogP contribution >= 0.6 is 0 Å². The molecule has 0 aliphatic rings. The fourth-order valence-corrected chi connectivity index (χ4v) is 2.52. The van der Waals surface area contributed by atoms with Crippen molar-refractivity contribution in [3.63, 3.8) is 0 Å². The minimum Gasteiger partial charge on any atom is -0.339 e. The Balaban J connectivity index is 2.37. The zero-order valence-corrected chi connectivity index (χ0v) is 14.0. The molecule has 0 heterocycles. The topological polar surface area (TPSA) is 20.3 Å². The van der Waals surface area contributed by atoms with Crippen molar-refractivity contribution in [2.75, 3.05) is 13.1 Å². The molecular formula is C21H25NO. The second-order valence-electron chi connectivity index (χ2n) is 5.57. The quantitative estimate of drug-likeness (QED) is 0.527. The van der Waals surface area contributed by atoms with Crippen molar-refractivity contribution in [3.05, 3.63) is 71.8 Å². The van der Waals surface area contributed by atoms with E-state index in [0.29, 0.717) is 0 Å². The van der Waals surface area contributed by atoms with E-state index >= 15 is 0 Å². The number of amides is 1. The summed E-state index contributed by atoms with van der Waals surface area (Å²) in [4.78, 5) is 15.0. The van der Waals surface area contributed by atoms with E-state index in [0.717, 1.165) is 42.6 Å². The Morgan fingerprint density at radius 2 is 1.57 bits per heavy atom. The van der Waals surface area contributed by atoms with Gasteiger partial charge in [0, 0.05) is 18.7 Å². The highest BCUT2D eigenvalue weighted by atomic mass is 16.2. The molecule has 0 unspecified atom stereocenters. The number of carbonyl (C=O) groups is 1. The normalized spacial score (nSPS) is 11.3. The summed E-state index contributed by atoms with van der Waals surface area (Å²) in [7, 11) is 0. The summed E-state index contributed by atoms with van der Waals surface area (Å²) in [5.74, 6) is 0.107. The van der Waals surface area contributed by atoms with Crippen LogP contribution in [0.4, 0.5) is 0 Å². The molecule has 23 heavy (non-hydrogen) atoms. The number of unbranched alkanes of at least 4 members (excludes halogenated alkanes) is 1. The van der Waals surface area contributed by atoms with Gasteiger partial charge in [0.1, 0.15) is 0 Å². The first-order chi connectivity index (χ1) is 11.3. The zero-order chi connectivity index (χ0) is 16.5. The van der Waals surface area contributed by atoms with Crippen LogP contribution in [0.2, 0.25) is 0 Å². The molecule has 1 amide bonds. The maximum atomic E-state index is 13.0. The minimum absolute atomic E-state index is 0.107. The molecule has 2 nitrogen and oxygen atoms in total. The monoisotopic (exact) mass is 307 g/mol. The van der Waals surface area contributed by atoms with Gasteiger partial charge >= 0.3 is 0 Å². The van der Waals surface area contributed by atoms with Gasteiger partial charge in [-0.25, -0.2) is 0 Å². The smallest absolute Gasteiger partial charge is 0.254 e. The Morgan fingerprint density at radius 3 is 2.13 bits per heavy atom. The maximum Gasteiger partial charge on any atom is 0.254 e. The second-order valence-corrected chi connectivity index (χ2v) is 5.57. The standard InChI is InChI=1S/C21H25NO/c1-3-5-16-22(4-2)21(23)20(19-14-10-7-11-15-19)17-18-12-8-6-9-13-18/h6-15,17H,3-5,16H2,1-2H3/b20-17-. The predicted octanol–water partition coefficient (Wildman–Crippen LogP) is 4.88. The largest absolute Gasteiger partial charge is 0.339 e. The molecule has 0 saturated heterocycles. The lowest BCUT2D eigenvalue weighted by atomic mass is 10.0. The van der Waals surface area contributed by atoms with E-state index < -0.39 is 0 Å². The van der Waals surface area contributed by atoms with Gasteiger partial charge in [0.25, 0.3) is 5.91 Å². The van der Waals surface area contributed by atoms with Gasteiger partial charge in [-0.1, -0.05) is 74.0 Å². The van der Waals surface area contributed by atoms with Gasteiger partial charge in [0.05, 0.1) is 0 Å². The Morgan fingerprint density at radius 1 is 0.957 bits per heavy atom. The summed E-state index contributed by atoms with van der Waals surface area (Å²) < 4.78 is 0. The molecule has 0 bridgehead atoms. The zero-order valence-electron chi connectivity index (χ0n) is 14.0. The molecule has 0 saturated carbocycles. The first-order valence-corrected chi connectivity index (χ1v) is 8.37. The highest BCUT2D eigenvalue weighted by Gasteiger charge is 2.18. The van der Waals surface area contributed by atoms with Gasteiger partial charge in [-0.15, -0.1) is 0 Å². The Hall–Kier alpha value is -2.35. The fourth-order valence-electron chi connectivity index (χ4n) is 2.52. The molecule has 0 N–H and O–H groups in total. The molecule has 2 aromatic rings. The first-order valence-electron chi connectivity index (χ1n) is 8.37. The first kappa shape index (κ1) is 17.0. The van der Waals surface area contributed by atoms with Crippen LogP contribution in [-0.2, 0) is 4.79 Å². The molecule has 2 heteroatoms. The predicted molar refractivity (Wildman–Crippen MR) is 97.9 cm³/mol. The van der Waals surface area contributed by atoms with E-state index in [9.17, 15) is 4.79 Å². The van der Waals surface area contributed by atoms with Crippen LogP contribution in [0.5, 0.6) is 0 Å². The minimum atomic E-state index is 0.107. The lowest BCUT2D eigenvalue weighted by Crippen LogP contribution is -2.32. The van der Waals surface area contributed by atoms with Gasteiger partial charge in [-0.05, 0) is 30.5 Å². The Bertz CT molecular complexity index is 631. The van der Waals surface area contributed by atoms with Gasteiger partial charge in [-0.3, -0.25) is 4.79 Å². The Kier molecular flexibility index (Phi) is 6.61. The van der Waals surface area contributed by atoms with Crippen molar-refractivity contribution in [1.82, 2.24) is 4.90 Å². The van der Waals surface area contributed by atoms with E-state index in [1.165, 1.54) is 0 Å². The molecule has 0 aliphatic carbocycles. The molecule has 0 aliphatic heterocycles. The van der Waals surface area contributed by atoms with Gasteiger partial charge in [0.2, 0.25) is 0 Å². The number of nitrogens with zero attached hydrogens (tertiary/aromatic N) is 1. The van der Waals surface area contributed by atoms with E-state index in [-0.39, 0.29) is 5.91 Å². The van der Waals surface area contributed by atoms with Crippen molar-refractivity contribution in [2.24, 2.45) is 0 Å². The summed E-state index contributed by atoms with van der Waals surface area (Å²) in [6.45, 7) is 5.73. The van der Waals surface area contributed by atoms with Crippen molar-refractivity contribution < 1.29 is 4.79 Å². The van der Waals surface area contributed by atoms with Crippen molar-refractivity contribution in [1.29, 1.82) is 0 Å². The van der Waals surface area contributed by atoms with Crippen LogP contribution in [0.1, 0.15) is 37.8 Å². The molecular weight excluding hydrogens is 282 g/mol. The molecule has 0 atom stereocenters. The average molecular weight is 307 g/mol. The number of hydrogen-bond acceptors (Lipinski definition) is 1. The summed E-state index contributed by atoms with van der Waals surface area (Å²) >= 11 is 0. The maximum absolute atomic E-state index is 13.0. The molecule has 0 aromatic heterocycles. The van der Waals surface area contributed by atoms with Crippen molar-refractivity contribution in [3.8, 4) is 0 Å². The molecule has 0 radical (unpaired) electrons. The lowest BCUT2D eigenvalue weighted by molar-refractivity contribution is -0.124. The second kappa shape index (κ2) is 8.94. The Labute approximate surface area is 139 Å². The van der Waals surface area contributed by atoms with Crippen LogP contribution < -0.4 is 0 Å². The summed E-state index contributed by atoms with van der Waals surface area (Å²) in [6, 6.07) is 20.0. The fraction of sp³-hybridized carbons (Fsp3) is 0.286. The van der Waals surface area contributed by atoms with E-state index in [1.54, 1.807) is 0 Å². The van der Waals surface area contributed by atoms with E-state index in [1.807, 2.05) is 78.6 Å². The number of hydrogen-bond donors (Lipinski definition) is 0. The molecule has 2 aromatic carbocycles. The number of benzene rings is 2. The van der Waals surface area contributed by atoms with Crippen LogP contribution in [0.25, 0.3) is 11.6 Å². The number of carbonyl (C=O) groups excluding carboxylic acids is 1. The molecule has 2 rings (SSSR count). The molecule has 120 valence electrons. The van der Waals surface area contributed by atoms with E-state index in [2.05, 4.69) is 6.92 Å². The van der Waals surface area contributed by atoms with Crippen LogP contribution in [-0.4, -0.2) is 23.9 Å². The summed E-state index contributed by atoms with van der Waals surface area (Å²) in [6.07, 6.45) is 4.12. The number of likely N-dealkylation sites (N-methyl/N-ethyl adjacent to an activating group) is 1.